The quantitative estimate of drug-likeness (QED) is 0.00671. The van der Waals surface area contributed by atoms with Gasteiger partial charge in [0.2, 0.25) is 0 Å². The molecule has 8 atom stereocenters. The van der Waals surface area contributed by atoms with Gasteiger partial charge in [0.1, 0.15) is 0 Å². The fourth-order valence-electron chi connectivity index (χ4n) is 10.2. The maximum absolute atomic E-state index is 12.9. The van der Waals surface area contributed by atoms with E-state index >= 15 is 0 Å². The van der Waals surface area contributed by atoms with Crippen molar-refractivity contribution in [1.82, 2.24) is 0 Å². The first-order chi connectivity index (χ1) is 42.8. The third-order valence-electron chi connectivity index (χ3n) is 15.1. The lowest BCUT2D eigenvalue weighted by atomic mass is 9.84. The first kappa shape index (κ1) is 79.8. The van der Waals surface area contributed by atoms with Crippen molar-refractivity contribution in [2.45, 2.75) is 145 Å². The summed E-state index contributed by atoms with van der Waals surface area (Å²) in [5.41, 5.74) is 12.2. The molecule has 0 bridgehead atoms. The van der Waals surface area contributed by atoms with Gasteiger partial charge in [-0.2, -0.15) is 8.42 Å². The Hall–Kier alpha value is -3.62. The average molecular weight is 1440 g/mol. The van der Waals surface area contributed by atoms with Crippen molar-refractivity contribution in [2.75, 3.05) is 14.2 Å². The van der Waals surface area contributed by atoms with Crippen LogP contribution in [0.25, 0.3) is 11.1 Å². The fourth-order valence-corrected chi connectivity index (χ4v) is 39.3. The standard InChI is InChI=1S/C61H94O20S2Si8/c1-15-24-55(59-39-43-61(44-40-59)83(63,64)65)36-35-54(18-4)57-31-25-50(26-32-57)45-47-90(80-89(71,23-9)76-84(12,13)14,77-86(67,20-6)49-85(66,19-5)72-10)81-91(78-87(68,69)21-7,79-88(70,22-8)73-11)48-46-51-27-29-56(30-28-51)52(16-2)33-34-53(17-3)58-37-41-60(42-38-58)82-75-74-62/h16,19-23,25-32,34,37-44,54-55,62,66-71H,5-9,15,17-18,24,33,35-36,45-49H2,1-4,10-14H3,(H,63,64,65)/b52-16+,53-34-. The molecule has 8 N–H and O–H groups in total. The molecule has 8 unspecified atom stereocenters. The van der Waals surface area contributed by atoms with Crippen LogP contribution in [0.5, 0.6) is 0 Å². The molecule has 20 nitrogen and oxygen atoms in total. The van der Waals surface area contributed by atoms with Crippen LogP contribution in [0.4, 0.5) is 0 Å². The molecule has 4 aromatic rings. The maximum atomic E-state index is 12.9. The third-order valence-corrected chi connectivity index (χ3v) is 42.5. The number of rotatable bonds is 44. The van der Waals surface area contributed by atoms with Gasteiger partial charge in [-0.1, -0.05) is 143 Å². The molecule has 91 heavy (non-hydrogen) atoms. The van der Waals surface area contributed by atoms with Gasteiger partial charge in [-0.05, 0) is 181 Å². The Bertz CT molecular complexity index is 3160. The van der Waals surface area contributed by atoms with E-state index in [0.717, 1.165) is 112 Å². The summed E-state index contributed by atoms with van der Waals surface area (Å²) in [6, 6.07) is 28.8. The highest BCUT2D eigenvalue weighted by atomic mass is 32.2. The van der Waals surface area contributed by atoms with Gasteiger partial charge < -0.3 is 62.3 Å². The van der Waals surface area contributed by atoms with E-state index in [4.69, 9.17) is 38.8 Å². The summed E-state index contributed by atoms with van der Waals surface area (Å²) < 4.78 is 89.6. The normalized spacial score (nSPS) is 17.4. The van der Waals surface area contributed by atoms with Crippen LogP contribution >= 0.6 is 12.0 Å². The first-order valence-electron chi connectivity index (χ1n) is 29.9. The topological polar surface area (TPSA) is 288 Å². The van der Waals surface area contributed by atoms with Gasteiger partial charge in [-0.3, -0.25) is 4.55 Å². The predicted molar refractivity (Wildman–Crippen MR) is 373 cm³/mol. The monoisotopic (exact) mass is 1430 g/mol. The lowest BCUT2D eigenvalue weighted by Gasteiger charge is -2.46. The molecule has 0 aromatic heterocycles. The van der Waals surface area contributed by atoms with Crippen molar-refractivity contribution >= 4 is 103 Å². The Morgan fingerprint density at radius 2 is 1.09 bits per heavy atom. The second-order valence-electron chi connectivity index (χ2n) is 22.8. The molecule has 0 spiro atoms. The first-order valence-corrected chi connectivity index (χ1v) is 49.2. The largest absolute Gasteiger partial charge is 0.518 e. The van der Waals surface area contributed by atoms with E-state index in [1.165, 1.54) is 32.1 Å². The maximum Gasteiger partial charge on any atom is 0.518 e. The van der Waals surface area contributed by atoms with Crippen molar-refractivity contribution in [3.8, 4) is 0 Å². The average Bonchev–Trinajstić information content (AvgIpc) is 0.765. The summed E-state index contributed by atoms with van der Waals surface area (Å²) >= 11 is 0.875. The Morgan fingerprint density at radius 3 is 1.55 bits per heavy atom. The predicted octanol–water partition coefficient (Wildman–Crippen LogP) is 12.2. The van der Waals surface area contributed by atoms with Crippen LogP contribution in [0, 0.1) is 0 Å². The van der Waals surface area contributed by atoms with E-state index in [2.05, 4.69) is 69.1 Å². The van der Waals surface area contributed by atoms with E-state index in [9.17, 15) is 41.7 Å². The molecule has 0 saturated carbocycles. The van der Waals surface area contributed by atoms with Crippen LogP contribution in [0.2, 0.25) is 37.4 Å². The van der Waals surface area contributed by atoms with E-state index in [-0.39, 0.29) is 41.7 Å². The zero-order valence-electron chi connectivity index (χ0n) is 53.7. The summed E-state index contributed by atoms with van der Waals surface area (Å²) in [7, 11) is -38.5. The van der Waals surface area contributed by atoms with Crippen LogP contribution < -0.4 is 0 Å². The van der Waals surface area contributed by atoms with Crippen molar-refractivity contribution in [3.63, 3.8) is 0 Å². The van der Waals surface area contributed by atoms with Gasteiger partial charge in [0, 0.05) is 36.9 Å². The van der Waals surface area contributed by atoms with Crippen LogP contribution in [0.15, 0.2) is 180 Å². The minimum Gasteiger partial charge on any atom is -0.413 e. The van der Waals surface area contributed by atoms with E-state index < -0.39 is 85.2 Å². The second-order valence-corrected chi connectivity index (χ2v) is 49.4. The summed E-state index contributed by atoms with van der Waals surface area (Å²) in [5.74, 6) is 0.252. The number of allylic oxidation sites excluding steroid dienone is 4. The number of aryl methyl sites for hydroxylation is 2. The molecule has 4 aromatic carbocycles. The number of benzene rings is 4. The molecule has 0 heterocycles. The van der Waals surface area contributed by atoms with E-state index in [1.807, 2.05) is 105 Å². The zero-order valence-corrected chi connectivity index (χ0v) is 63.4. The van der Waals surface area contributed by atoms with Crippen molar-refractivity contribution in [2.24, 2.45) is 0 Å². The Kier molecular flexibility index (Phi) is 31.5. The molecule has 0 aliphatic carbocycles. The third kappa shape index (κ3) is 25.1. The number of hydrogen-bond donors (Lipinski definition) is 8. The number of hydrogen-bond acceptors (Lipinski definition) is 20. The Labute approximate surface area is 551 Å². The summed E-state index contributed by atoms with van der Waals surface area (Å²) in [5, 5.41) is 12.3. The lowest BCUT2D eigenvalue weighted by Crippen LogP contribution is -2.71. The smallest absolute Gasteiger partial charge is 0.413 e. The summed E-state index contributed by atoms with van der Waals surface area (Å²) in [6.45, 7) is 32.7. The zero-order chi connectivity index (χ0) is 68.0. The molecule has 0 saturated heterocycles. The van der Waals surface area contributed by atoms with Crippen LogP contribution in [0.3, 0.4) is 0 Å². The van der Waals surface area contributed by atoms with Crippen LogP contribution in [0.1, 0.15) is 118 Å². The summed E-state index contributed by atoms with van der Waals surface area (Å²) in [6.07, 6.45) is 9.76. The minimum atomic E-state index is -5.22. The summed E-state index contributed by atoms with van der Waals surface area (Å²) in [4.78, 5) is 73.6. The van der Waals surface area contributed by atoms with Gasteiger partial charge in [0.25, 0.3) is 10.1 Å². The molecular formula is C61H94O20S2Si8. The fraction of sp³-hybridized carbons (Fsp3) is 0.377. The molecular weight excluding hydrogens is 1340 g/mol. The molecule has 4 rings (SSSR count). The van der Waals surface area contributed by atoms with Crippen molar-refractivity contribution in [3.05, 3.63) is 204 Å². The van der Waals surface area contributed by atoms with Gasteiger partial charge >= 0.3 is 61.1 Å². The SMILES string of the molecule is C=C[Si](O)(O)O[Si](CCc1ccc(/C(=C/C)C/C=C(/CC)c2ccc(SOOO)cc2)cc1)(O[Si](O)(C=C)OC)O[Si](CCc1ccc(C(CC)CCC(CCC)c2ccc(S(=O)(=O)O)cc2)cc1)(O[Si](O)(C=C)C[Si](O)(C=C)OC)O[Si](O)(C=C)O[Si](C)(C)C. The highest BCUT2D eigenvalue weighted by molar-refractivity contribution is 7.94. The molecule has 0 aliphatic heterocycles. The highest BCUT2D eigenvalue weighted by Gasteiger charge is 2.65. The molecule has 0 amide bonds. The molecule has 0 radical (unpaired) electrons. The van der Waals surface area contributed by atoms with E-state index in [1.54, 1.807) is 12.1 Å². The molecule has 30 heteroatoms. The van der Waals surface area contributed by atoms with Gasteiger partial charge in [-0.25, -0.2) is 5.26 Å². The molecule has 0 fully saturated rings. The Balaban J connectivity index is 1.91. The second kappa shape index (κ2) is 35.9. The van der Waals surface area contributed by atoms with Crippen molar-refractivity contribution in [1.29, 1.82) is 0 Å². The van der Waals surface area contributed by atoms with Gasteiger partial charge in [0.15, 0.2) is 8.32 Å². The minimum absolute atomic E-state index is 0.0167. The Morgan fingerprint density at radius 1 is 0.582 bits per heavy atom. The molecule has 502 valence electrons. The highest BCUT2D eigenvalue weighted by Crippen LogP contribution is 2.39. The lowest BCUT2D eigenvalue weighted by molar-refractivity contribution is -0.432. The van der Waals surface area contributed by atoms with Crippen LogP contribution in [-0.2, 0) is 65.9 Å². The van der Waals surface area contributed by atoms with Gasteiger partial charge in [0.05, 0.1) is 16.9 Å². The molecule has 0 aliphatic rings. The van der Waals surface area contributed by atoms with Crippen LogP contribution in [-0.4, -0.2) is 131 Å². The van der Waals surface area contributed by atoms with Crippen molar-refractivity contribution < 1.29 is 89.9 Å². The van der Waals surface area contributed by atoms with Gasteiger partial charge in [-0.15, -0.1) is 17.5 Å². The van der Waals surface area contributed by atoms with E-state index in [0.29, 0.717) is 17.5 Å².